The predicted molar refractivity (Wildman–Crippen MR) is 113 cm³/mol. The highest BCUT2D eigenvalue weighted by Crippen LogP contribution is 2.37. The molecular weight excluding hydrogens is 420 g/mol. The Labute approximate surface area is 178 Å². The van der Waals surface area contributed by atoms with Crippen molar-refractivity contribution in [2.24, 2.45) is 0 Å². The second-order valence-corrected chi connectivity index (χ2v) is 9.34. The Hall–Kier alpha value is -3.40. The number of para-hydroxylation sites is 1. The van der Waals surface area contributed by atoms with E-state index in [1.807, 2.05) is 32.0 Å². The number of nitrogens with zero attached hydrogens (tertiary/aromatic N) is 4. The van der Waals surface area contributed by atoms with Gasteiger partial charge in [0.25, 0.3) is 10.0 Å². The van der Waals surface area contributed by atoms with Crippen molar-refractivity contribution < 1.29 is 17.4 Å². The molecule has 5 rings (SSSR count). The molecule has 0 radical (unpaired) electrons. The van der Waals surface area contributed by atoms with Crippen molar-refractivity contribution in [3.8, 4) is 0 Å². The van der Waals surface area contributed by atoms with E-state index in [1.54, 1.807) is 12.1 Å². The number of oxazole rings is 1. The van der Waals surface area contributed by atoms with Crippen LogP contribution in [0.3, 0.4) is 0 Å². The van der Waals surface area contributed by atoms with Crippen LogP contribution in [0, 0.1) is 0 Å². The highest BCUT2D eigenvalue weighted by molar-refractivity contribution is 7.92. The molecule has 2 aromatic heterocycles. The number of aryl methyl sites for hydroxylation is 1. The third-order valence-electron chi connectivity index (χ3n) is 5.45. The maximum Gasteiger partial charge on any atom is 0.420 e. The van der Waals surface area contributed by atoms with E-state index in [4.69, 9.17) is 8.94 Å². The number of hydrogen-bond donors (Lipinski definition) is 0. The SMILES string of the molecule is CCc1nc(Cn2c(=O)oc3cc(S(=O)(=O)N4c5ccccc5C[C@@H]4C)ccc32)no1. The van der Waals surface area contributed by atoms with Gasteiger partial charge in [-0.3, -0.25) is 8.87 Å². The Morgan fingerprint density at radius 3 is 2.77 bits per heavy atom. The third-order valence-corrected chi connectivity index (χ3v) is 7.38. The molecule has 4 aromatic rings. The van der Waals surface area contributed by atoms with E-state index in [9.17, 15) is 13.2 Å². The lowest BCUT2D eigenvalue weighted by molar-refractivity contribution is 0.375. The van der Waals surface area contributed by atoms with Gasteiger partial charge in [0.1, 0.15) is 0 Å². The Morgan fingerprint density at radius 1 is 1.19 bits per heavy atom. The fourth-order valence-electron chi connectivity index (χ4n) is 4.01. The average Bonchev–Trinajstić information content (AvgIpc) is 3.43. The van der Waals surface area contributed by atoms with E-state index >= 15 is 0 Å². The first-order valence-corrected chi connectivity index (χ1v) is 11.4. The van der Waals surface area contributed by atoms with Crippen LogP contribution in [0.2, 0.25) is 0 Å². The lowest BCUT2D eigenvalue weighted by Gasteiger charge is -2.24. The minimum atomic E-state index is -3.83. The summed E-state index contributed by atoms with van der Waals surface area (Å²) in [6.45, 7) is 3.83. The molecule has 10 heteroatoms. The largest absolute Gasteiger partial charge is 0.420 e. The van der Waals surface area contributed by atoms with Crippen LogP contribution in [0.5, 0.6) is 0 Å². The molecule has 3 heterocycles. The molecule has 31 heavy (non-hydrogen) atoms. The first kappa shape index (κ1) is 19.6. The standard InChI is InChI=1S/C21H20N4O5S/c1-3-20-22-19(23-30-20)12-24-17-9-8-15(11-18(17)29-21(24)26)31(27,28)25-13(2)10-14-6-4-5-7-16(14)25/h4-9,11,13H,3,10,12H2,1-2H3/t13-/m0/s1. The second kappa shape index (κ2) is 7.09. The molecular formula is C21H20N4O5S. The number of fused-ring (bicyclic) bond motifs is 2. The molecule has 0 spiro atoms. The van der Waals surface area contributed by atoms with Crippen molar-refractivity contribution in [3.63, 3.8) is 0 Å². The molecule has 0 saturated carbocycles. The van der Waals surface area contributed by atoms with Crippen molar-refractivity contribution in [3.05, 3.63) is 70.3 Å². The van der Waals surface area contributed by atoms with Gasteiger partial charge in [-0.25, -0.2) is 13.2 Å². The summed E-state index contributed by atoms with van der Waals surface area (Å²) < 4.78 is 40.1. The topological polar surface area (TPSA) is 111 Å². The zero-order valence-electron chi connectivity index (χ0n) is 17.0. The van der Waals surface area contributed by atoms with Crippen molar-refractivity contribution >= 4 is 26.8 Å². The molecule has 0 aliphatic carbocycles. The minimum Gasteiger partial charge on any atom is -0.408 e. The van der Waals surface area contributed by atoms with Crippen LogP contribution in [-0.2, 0) is 29.4 Å². The van der Waals surface area contributed by atoms with Gasteiger partial charge in [0, 0.05) is 18.5 Å². The average molecular weight is 440 g/mol. The van der Waals surface area contributed by atoms with E-state index in [1.165, 1.54) is 21.0 Å². The fourth-order valence-corrected chi connectivity index (χ4v) is 5.72. The van der Waals surface area contributed by atoms with Crippen LogP contribution in [0.4, 0.5) is 5.69 Å². The molecule has 0 bridgehead atoms. The highest BCUT2D eigenvalue weighted by atomic mass is 32.2. The fraction of sp³-hybridized carbons (Fsp3) is 0.286. The molecule has 0 fully saturated rings. The minimum absolute atomic E-state index is 0.0669. The maximum atomic E-state index is 13.4. The zero-order chi connectivity index (χ0) is 21.8. The Bertz CT molecular complexity index is 1450. The lowest BCUT2D eigenvalue weighted by atomic mass is 10.1. The highest BCUT2D eigenvalue weighted by Gasteiger charge is 2.36. The number of hydrogen-bond acceptors (Lipinski definition) is 7. The molecule has 1 atom stereocenters. The Morgan fingerprint density at radius 2 is 2.00 bits per heavy atom. The molecule has 0 N–H and O–H groups in total. The van der Waals surface area contributed by atoms with Gasteiger partial charge < -0.3 is 8.94 Å². The van der Waals surface area contributed by atoms with Crippen LogP contribution in [0.15, 0.2) is 61.1 Å². The molecule has 160 valence electrons. The quantitative estimate of drug-likeness (QED) is 0.469. The molecule has 1 aliphatic rings. The van der Waals surface area contributed by atoms with E-state index in [0.29, 0.717) is 35.8 Å². The summed E-state index contributed by atoms with van der Waals surface area (Å²) >= 11 is 0. The van der Waals surface area contributed by atoms with Gasteiger partial charge >= 0.3 is 5.76 Å². The molecule has 0 amide bonds. The van der Waals surface area contributed by atoms with Gasteiger partial charge in [-0.2, -0.15) is 4.98 Å². The van der Waals surface area contributed by atoms with Crippen molar-refractivity contribution in [1.29, 1.82) is 0 Å². The number of aromatic nitrogens is 3. The monoisotopic (exact) mass is 440 g/mol. The first-order chi connectivity index (χ1) is 14.9. The molecule has 0 unspecified atom stereocenters. The third kappa shape index (κ3) is 3.14. The number of sulfonamides is 1. The van der Waals surface area contributed by atoms with Gasteiger partial charge in [0.2, 0.25) is 5.89 Å². The van der Waals surface area contributed by atoms with Gasteiger partial charge in [-0.15, -0.1) is 0 Å². The normalized spacial score (nSPS) is 16.2. The second-order valence-electron chi connectivity index (χ2n) is 7.52. The Kier molecular flexibility index (Phi) is 4.47. The van der Waals surface area contributed by atoms with Crippen LogP contribution >= 0.6 is 0 Å². The molecule has 0 saturated heterocycles. The van der Waals surface area contributed by atoms with Crippen LogP contribution in [0.25, 0.3) is 11.1 Å². The number of rotatable bonds is 5. The van der Waals surface area contributed by atoms with Gasteiger partial charge in [0.15, 0.2) is 11.4 Å². The maximum absolute atomic E-state index is 13.4. The van der Waals surface area contributed by atoms with E-state index < -0.39 is 15.8 Å². The van der Waals surface area contributed by atoms with Crippen LogP contribution in [0.1, 0.15) is 31.1 Å². The number of anilines is 1. The Balaban J connectivity index is 1.54. The summed E-state index contributed by atoms with van der Waals surface area (Å²) in [7, 11) is -3.83. The van der Waals surface area contributed by atoms with Gasteiger partial charge in [0.05, 0.1) is 22.6 Å². The zero-order valence-corrected chi connectivity index (χ0v) is 17.8. The number of benzene rings is 2. The first-order valence-electron chi connectivity index (χ1n) is 9.95. The van der Waals surface area contributed by atoms with E-state index in [-0.39, 0.29) is 23.1 Å². The predicted octanol–water partition coefficient (Wildman–Crippen LogP) is 2.73. The van der Waals surface area contributed by atoms with Crippen molar-refractivity contribution in [2.45, 2.75) is 44.2 Å². The summed E-state index contributed by atoms with van der Waals surface area (Å²) in [5.74, 6) is 0.206. The van der Waals surface area contributed by atoms with Crippen molar-refractivity contribution in [1.82, 2.24) is 14.7 Å². The summed E-state index contributed by atoms with van der Waals surface area (Å²) in [5.41, 5.74) is 2.31. The van der Waals surface area contributed by atoms with Crippen LogP contribution < -0.4 is 10.1 Å². The van der Waals surface area contributed by atoms with Gasteiger partial charge in [-0.05, 0) is 37.1 Å². The summed E-state index contributed by atoms with van der Waals surface area (Å²) in [4.78, 5) is 16.7. The summed E-state index contributed by atoms with van der Waals surface area (Å²) in [6.07, 6.45) is 1.24. The van der Waals surface area contributed by atoms with E-state index in [2.05, 4.69) is 10.1 Å². The molecule has 2 aromatic carbocycles. The summed E-state index contributed by atoms with van der Waals surface area (Å²) in [6, 6.07) is 11.7. The summed E-state index contributed by atoms with van der Waals surface area (Å²) in [5, 5.41) is 3.86. The van der Waals surface area contributed by atoms with E-state index in [0.717, 1.165) is 5.56 Å². The lowest BCUT2D eigenvalue weighted by Crippen LogP contribution is -2.35. The van der Waals surface area contributed by atoms with Crippen LogP contribution in [-0.4, -0.2) is 29.2 Å². The van der Waals surface area contributed by atoms with Crippen molar-refractivity contribution in [2.75, 3.05) is 4.31 Å². The molecule has 9 nitrogen and oxygen atoms in total. The van der Waals surface area contributed by atoms with Gasteiger partial charge in [-0.1, -0.05) is 30.3 Å². The smallest absolute Gasteiger partial charge is 0.408 e. The molecule has 1 aliphatic heterocycles.